The molecule has 7 heteroatoms. The van der Waals surface area contributed by atoms with Gasteiger partial charge in [-0.2, -0.15) is 0 Å². The van der Waals surface area contributed by atoms with E-state index < -0.39 is 5.41 Å². The predicted octanol–water partition coefficient (Wildman–Crippen LogP) is 5.62. The summed E-state index contributed by atoms with van der Waals surface area (Å²) in [4.78, 5) is 27.5. The first kappa shape index (κ1) is 23.8. The second kappa shape index (κ2) is 10.3. The normalized spacial score (nSPS) is 17.4. The Morgan fingerprint density at radius 2 is 1.59 bits per heavy atom. The molecule has 4 rings (SSSR count). The van der Waals surface area contributed by atoms with Gasteiger partial charge < -0.3 is 14.4 Å². The molecule has 0 bridgehead atoms. The van der Waals surface area contributed by atoms with Crippen LogP contribution in [0.15, 0.2) is 72.8 Å². The zero-order chi connectivity index (χ0) is 24.1. The molecule has 0 spiro atoms. The molecule has 3 aromatic rings. The summed E-state index contributed by atoms with van der Waals surface area (Å²) in [6.07, 6.45) is 0.443. The summed E-state index contributed by atoms with van der Waals surface area (Å²) in [5.74, 6) is -0.221. The number of esters is 1. The summed E-state index contributed by atoms with van der Waals surface area (Å²) in [6, 6.07) is 20.3. The largest absolute Gasteiger partial charge is 0.492 e. The molecule has 1 atom stereocenters. The van der Waals surface area contributed by atoms with Crippen LogP contribution in [0, 0.1) is 11.2 Å². The summed E-state index contributed by atoms with van der Waals surface area (Å²) in [5, 5.41) is 0.553. The van der Waals surface area contributed by atoms with Gasteiger partial charge >= 0.3 is 5.97 Å². The topological polar surface area (TPSA) is 55.8 Å². The fourth-order valence-electron chi connectivity index (χ4n) is 4.06. The number of carbonyl (C=O) groups excluding carboxylic acids is 2. The molecule has 0 N–H and O–H groups in total. The maximum atomic E-state index is 13.2. The number of carbonyl (C=O) groups is 2. The van der Waals surface area contributed by atoms with Gasteiger partial charge in [0.15, 0.2) is 0 Å². The summed E-state index contributed by atoms with van der Waals surface area (Å²) in [7, 11) is 0. The van der Waals surface area contributed by atoms with Gasteiger partial charge in [-0.15, -0.1) is 0 Å². The van der Waals surface area contributed by atoms with Gasteiger partial charge in [-0.05, 0) is 73.0 Å². The van der Waals surface area contributed by atoms with Gasteiger partial charge in [0.1, 0.15) is 23.6 Å². The maximum absolute atomic E-state index is 13.2. The van der Waals surface area contributed by atoms with Gasteiger partial charge in [0.25, 0.3) is 5.91 Å². The molecular formula is C27H25ClFNO4. The van der Waals surface area contributed by atoms with E-state index in [0.29, 0.717) is 29.3 Å². The Kier molecular flexibility index (Phi) is 7.17. The highest BCUT2D eigenvalue weighted by Gasteiger charge is 2.48. The fraction of sp³-hybridized carbons (Fsp3) is 0.259. The Morgan fingerprint density at radius 3 is 2.21 bits per heavy atom. The van der Waals surface area contributed by atoms with Crippen molar-refractivity contribution in [2.45, 2.75) is 13.3 Å². The number of hydrogen-bond acceptors (Lipinski definition) is 4. The fourth-order valence-corrected chi connectivity index (χ4v) is 4.18. The van der Waals surface area contributed by atoms with E-state index in [9.17, 15) is 14.0 Å². The van der Waals surface area contributed by atoms with Crippen molar-refractivity contribution in [2.24, 2.45) is 5.41 Å². The zero-order valence-corrected chi connectivity index (χ0v) is 19.6. The van der Waals surface area contributed by atoms with Gasteiger partial charge in [-0.3, -0.25) is 9.59 Å². The quantitative estimate of drug-likeness (QED) is 0.411. The van der Waals surface area contributed by atoms with Crippen LogP contribution in [0.1, 0.15) is 23.7 Å². The van der Waals surface area contributed by atoms with E-state index in [1.165, 1.54) is 12.1 Å². The number of nitrogens with zero attached hydrogens (tertiary/aromatic N) is 1. The Hall–Kier alpha value is -3.38. The minimum atomic E-state index is -0.951. The number of rotatable bonds is 7. The van der Waals surface area contributed by atoms with E-state index in [-0.39, 0.29) is 37.5 Å². The van der Waals surface area contributed by atoms with Gasteiger partial charge in [-0.25, -0.2) is 4.39 Å². The Bertz CT molecular complexity index is 1150. The molecule has 5 nitrogen and oxygen atoms in total. The molecule has 1 fully saturated rings. The highest BCUT2D eigenvalue weighted by atomic mass is 35.5. The van der Waals surface area contributed by atoms with Gasteiger partial charge in [-0.1, -0.05) is 35.9 Å². The number of likely N-dealkylation sites (tertiary alicyclic amines) is 1. The average Bonchev–Trinajstić information content (AvgIpc) is 3.30. The number of halogens is 2. The Labute approximate surface area is 203 Å². The van der Waals surface area contributed by atoms with Crippen LogP contribution in [0.25, 0.3) is 11.1 Å². The van der Waals surface area contributed by atoms with Crippen molar-refractivity contribution in [1.82, 2.24) is 4.90 Å². The third kappa shape index (κ3) is 5.23. The van der Waals surface area contributed by atoms with Crippen molar-refractivity contribution in [1.29, 1.82) is 0 Å². The molecule has 1 aliphatic rings. The van der Waals surface area contributed by atoms with E-state index in [1.807, 2.05) is 24.3 Å². The lowest BCUT2D eigenvalue weighted by molar-refractivity contribution is -0.156. The molecule has 0 saturated carbocycles. The molecule has 3 aromatic carbocycles. The van der Waals surface area contributed by atoms with Crippen molar-refractivity contribution in [2.75, 3.05) is 26.3 Å². The van der Waals surface area contributed by atoms with Gasteiger partial charge in [0.2, 0.25) is 0 Å². The molecule has 0 radical (unpaired) electrons. The van der Waals surface area contributed by atoms with Crippen LogP contribution in [0.2, 0.25) is 5.02 Å². The molecule has 34 heavy (non-hydrogen) atoms. The number of ether oxygens (including phenoxy) is 2. The first-order chi connectivity index (χ1) is 16.4. The second-order valence-corrected chi connectivity index (χ2v) is 8.74. The lowest BCUT2D eigenvalue weighted by Gasteiger charge is -2.27. The maximum Gasteiger partial charge on any atom is 0.317 e. The average molecular weight is 482 g/mol. The number of benzene rings is 3. The smallest absolute Gasteiger partial charge is 0.317 e. The molecule has 1 saturated heterocycles. The van der Waals surface area contributed by atoms with Crippen LogP contribution >= 0.6 is 11.6 Å². The highest BCUT2D eigenvalue weighted by molar-refractivity contribution is 6.30. The molecular weight excluding hydrogens is 457 g/mol. The van der Waals surface area contributed by atoms with E-state index in [1.54, 1.807) is 48.2 Å². The summed E-state index contributed by atoms with van der Waals surface area (Å²) in [5.41, 5.74) is 1.38. The van der Waals surface area contributed by atoms with Crippen molar-refractivity contribution in [3.63, 3.8) is 0 Å². The monoisotopic (exact) mass is 481 g/mol. The molecule has 1 aliphatic heterocycles. The van der Waals surface area contributed by atoms with Gasteiger partial charge in [0, 0.05) is 23.7 Å². The molecule has 0 aromatic heterocycles. The van der Waals surface area contributed by atoms with Gasteiger partial charge in [0.05, 0.1) is 6.61 Å². The van der Waals surface area contributed by atoms with E-state index in [4.69, 9.17) is 21.1 Å². The predicted molar refractivity (Wildman–Crippen MR) is 128 cm³/mol. The molecule has 176 valence electrons. The number of hydrogen-bond donors (Lipinski definition) is 0. The third-order valence-corrected chi connectivity index (χ3v) is 6.24. The van der Waals surface area contributed by atoms with Crippen LogP contribution in [-0.2, 0) is 9.53 Å². The Balaban J connectivity index is 1.46. The summed E-state index contributed by atoms with van der Waals surface area (Å²) in [6.45, 7) is 2.73. The minimum absolute atomic E-state index is 0.0894. The van der Waals surface area contributed by atoms with E-state index >= 15 is 0 Å². The van der Waals surface area contributed by atoms with E-state index in [2.05, 4.69) is 0 Å². The van der Waals surface area contributed by atoms with Crippen LogP contribution in [0.4, 0.5) is 4.39 Å². The second-order valence-electron chi connectivity index (χ2n) is 8.30. The molecule has 1 amide bonds. The van der Waals surface area contributed by atoms with Crippen LogP contribution in [-0.4, -0.2) is 43.1 Å². The van der Waals surface area contributed by atoms with Crippen molar-refractivity contribution in [3.8, 4) is 16.9 Å². The SMILES string of the molecule is CCOC(=O)C1(COc2ccc(-c3ccc(F)cc3)cc2)CCN(C(=O)c2ccc(Cl)cc2)C1. The molecule has 0 aliphatic carbocycles. The highest BCUT2D eigenvalue weighted by Crippen LogP contribution is 2.34. The first-order valence-electron chi connectivity index (χ1n) is 11.1. The molecule has 1 heterocycles. The summed E-state index contributed by atoms with van der Waals surface area (Å²) >= 11 is 5.93. The van der Waals surface area contributed by atoms with Crippen LogP contribution in [0.5, 0.6) is 5.75 Å². The van der Waals surface area contributed by atoms with Crippen molar-refractivity contribution < 1.29 is 23.5 Å². The Morgan fingerprint density at radius 1 is 0.971 bits per heavy atom. The van der Waals surface area contributed by atoms with Crippen molar-refractivity contribution in [3.05, 3.63) is 89.2 Å². The van der Waals surface area contributed by atoms with Crippen molar-refractivity contribution >= 4 is 23.5 Å². The van der Waals surface area contributed by atoms with Crippen LogP contribution in [0.3, 0.4) is 0 Å². The lowest BCUT2D eigenvalue weighted by Crippen LogP contribution is -2.42. The van der Waals surface area contributed by atoms with Crippen LogP contribution < -0.4 is 4.74 Å². The first-order valence-corrected chi connectivity index (χ1v) is 11.5. The molecule has 1 unspecified atom stereocenters. The lowest BCUT2D eigenvalue weighted by atomic mass is 9.88. The van der Waals surface area contributed by atoms with E-state index in [0.717, 1.165) is 11.1 Å². The number of amides is 1. The third-order valence-electron chi connectivity index (χ3n) is 5.99. The minimum Gasteiger partial charge on any atom is -0.492 e. The standard InChI is InChI=1S/C27H25ClFNO4/c1-2-33-26(32)27(15-16-30(17-27)25(31)21-3-9-22(28)10-4-21)18-34-24-13-7-20(8-14-24)19-5-11-23(29)12-6-19/h3-14H,2,15-18H2,1H3. The summed E-state index contributed by atoms with van der Waals surface area (Å²) < 4.78 is 24.5. The zero-order valence-electron chi connectivity index (χ0n) is 18.8.